The average Bonchev–Trinajstić information content (AvgIpc) is 2.60. The zero-order valence-electron chi connectivity index (χ0n) is 15.1. The van der Waals surface area contributed by atoms with Gasteiger partial charge in [-0.25, -0.2) is 0 Å². The van der Waals surface area contributed by atoms with Crippen molar-refractivity contribution in [1.29, 1.82) is 0 Å². The van der Waals surface area contributed by atoms with Crippen molar-refractivity contribution in [2.45, 2.75) is 57.8 Å². The van der Waals surface area contributed by atoms with Crippen molar-refractivity contribution in [3.8, 4) is 0 Å². The molecule has 1 heterocycles. The van der Waals surface area contributed by atoms with Crippen LogP contribution in [-0.2, 0) is 22.3 Å². The van der Waals surface area contributed by atoms with Gasteiger partial charge in [0.1, 0.15) is 6.04 Å². The average molecular weight is 408 g/mol. The molecular formula is C18H25ClF3N3O2. The van der Waals surface area contributed by atoms with Crippen LogP contribution in [0.1, 0.15) is 50.2 Å². The van der Waals surface area contributed by atoms with Crippen LogP contribution in [0.5, 0.6) is 0 Å². The van der Waals surface area contributed by atoms with Crippen LogP contribution in [0, 0.1) is 0 Å². The molecule has 0 aromatic heterocycles. The Balaban J connectivity index is 0.00000364. The summed E-state index contributed by atoms with van der Waals surface area (Å²) in [7, 11) is 0. The summed E-state index contributed by atoms with van der Waals surface area (Å²) < 4.78 is 39.1. The monoisotopic (exact) mass is 407 g/mol. The van der Waals surface area contributed by atoms with Gasteiger partial charge in [0.25, 0.3) is 0 Å². The molecule has 2 rings (SSSR count). The lowest BCUT2D eigenvalue weighted by Gasteiger charge is -2.34. The Bertz CT molecular complexity index is 668. The van der Waals surface area contributed by atoms with Gasteiger partial charge in [0.2, 0.25) is 11.8 Å². The number of rotatable bonds is 5. The minimum absolute atomic E-state index is 0. The number of hydrogen-bond acceptors (Lipinski definition) is 3. The van der Waals surface area contributed by atoms with E-state index in [1.165, 1.54) is 6.07 Å². The lowest BCUT2D eigenvalue weighted by atomic mass is 10.00. The molecule has 0 radical (unpaired) electrons. The second kappa shape index (κ2) is 9.94. The minimum atomic E-state index is -4.53. The summed E-state index contributed by atoms with van der Waals surface area (Å²) in [6.07, 6.45) is -1.38. The number of nitrogens with one attached hydrogen (secondary N) is 1. The maximum atomic E-state index is 13.0. The second-order valence-electron chi connectivity index (χ2n) is 6.46. The number of alkyl halides is 3. The molecule has 5 nitrogen and oxygen atoms in total. The first-order chi connectivity index (χ1) is 12.3. The van der Waals surface area contributed by atoms with Crippen LogP contribution in [-0.4, -0.2) is 29.3 Å². The van der Waals surface area contributed by atoms with Crippen LogP contribution < -0.4 is 11.1 Å². The molecule has 0 bridgehead atoms. The third kappa shape index (κ3) is 6.10. The highest BCUT2D eigenvalue weighted by molar-refractivity contribution is 5.97. The number of nitrogens with zero attached hydrogens (tertiary/aromatic N) is 1. The van der Waals surface area contributed by atoms with Crippen molar-refractivity contribution in [2.75, 3.05) is 11.9 Å². The third-order valence-electron chi connectivity index (χ3n) is 4.41. The molecule has 1 saturated heterocycles. The van der Waals surface area contributed by atoms with Crippen LogP contribution in [0.4, 0.5) is 18.9 Å². The Hall–Kier alpha value is -1.80. The van der Waals surface area contributed by atoms with Gasteiger partial charge in [-0.2, -0.15) is 13.2 Å². The number of anilines is 1. The summed E-state index contributed by atoms with van der Waals surface area (Å²) in [5.74, 6) is -0.560. The molecule has 1 unspecified atom stereocenters. The molecule has 0 aliphatic carbocycles. The standard InChI is InChI=1S/C18H24F3N3O2.ClH/c1-2-5-16(25)24-7-4-3-6-15(24)17(26)23-14-9-12(11-22)8-13(10-14)18(19,20)21;/h8-10,15H,2-7,11,22H2,1H3,(H,23,26);1H. The molecule has 3 N–H and O–H groups in total. The van der Waals surface area contributed by atoms with E-state index in [1.807, 2.05) is 6.92 Å². The number of benzene rings is 1. The smallest absolute Gasteiger partial charge is 0.331 e. The van der Waals surface area contributed by atoms with Gasteiger partial charge in [-0.1, -0.05) is 6.92 Å². The zero-order valence-corrected chi connectivity index (χ0v) is 16.0. The first kappa shape index (κ1) is 23.2. The Morgan fingerprint density at radius 1 is 1.26 bits per heavy atom. The van der Waals surface area contributed by atoms with Crippen molar-refractivity contribution in [3.05, 3.63) is 29.3 Å². The molecular weight excluding hydrogens is 383 g/mol. The van der Waals surface area contributed by atoms with E-state index in [9.17, 15) is 22.8 Å². The Morgan fingerprint density at radius 3 is 2.56 bits per heavy atom. The summed E-state index contributed by atoms with van der Waals surface area (Å²) in [6, 6.07) is 2.62. The number of halogens is 4. The lowest BCUT2D eigenvalue weighted by molar-refractivity contribution is -0.140. The molecule has 1 atom stereocenters. The summed E-state index contributed by atoms with van der Waals surface area (Å²) in [5.41, 5.74) is 4.92. The van der Waals surface area contributed by atoms with Crippen LogP contribution in [0.15, 0.2) is 18.2 Å². The Kier molecular flexibility index (Phi) is 8.56. The van der Waals surface area contributed by atoms with E-state index < -0.39 is 23.7 Å². The molecule has 1 aromatic rings. The number of likely N-dealkylation sites (tertiary alicyclic amines) is 1. The topological polar surface area (TPSA) is 75.4 Å². The number of amides is 2. The van der Waals surface area contributed by atoms with Crippen molar-refractivity contribution < 1.29 is 22.8 Å². The molecule has 1 aromatic carbocycles. The van der Waals surface area contributed by atoms with Crippen LogP contribution >= 0.6 is 12.4 Å². The van der Waals surface area contributed by atoms with Crippen LogP contribution in [0.3, 0.4) is 0 Å². The van der Waals surface area contributed by atoms with E-state index in [-0.39, 0.29) is 36.1 Å². The number of hydrogen-bond donors (Lipinski definition) is 2. The minimum Gasteiger partial charge on any atom is -0.331 e. The van der Waals surface area contributed by atoms with Gasteiger partial charge < -0.3 is 16.0 Å². The van der Waals surface area contributed by atoms with Crippen LogP contribution in [0.2, 0.25) is 0 Å². The van der Waals surface area contributed by atoms with Gasteiger partial charge in [0.05, 0.1) is 5.56 Å². The fraction of sp³-hybridized carbons (Fsp3) is 0.556. The molecule has 0 spiro atoms. The highest BCUT2D eigenvalue weighted by Crippen LogP contribution is 2.32. The normalized spacial score (nSPS) is 17.2. The molecule has 9 heteroatoms. The number of nitrogens with two attached hydrogens (primary N) is 1. The largest absolute Gasteiger partial charge is 0.416 e. The summed E-state index contributed by atoms with van der Waals surface area (Å²) in [6.45, 7) is 2.30. The van der Waals surface area contributed by atoms with Gasteiger partial charge in [-0.05, 0) is 49.4 Å². The molecule has 27 heavy (non-hydrogen) atoms. The number of carbonyl (C=O) groups excluding carboxylic acids is 2. The summed E-state index contributed by atoms with van der Waals surface area (Å²) in [4.78, 5) is 26.4. The fourth-order valence-electron chi connectivity index (χ4n) is 3.13. The zero-order chi connectivity index (χ0) is 19.3. The molecule has 0 saturated carbocycles. The van der Waals surface area contributed by atoms with Gasteiger partial charge in [0, 0.05) is 25.2 Å². The Labute approximate surface area is 162 Å². The summed E-state index contributed by atoms with van der Waals surface area (Å²) in [5, 5.41) is 2.54. The lowest BCUT2D eigenvalue weighted by Crippen LogP contribution is -2.49. The second-order valence-corrected chi connectivity index (χ2v) is 6.46. The molecule has 1 aliphatic rings. The van der Waals surface area contributed by atoms with E-state index in [4.69, 9.17) is 5.73 Å². The van der Waals surface area contributed by atoms with E-state index in [0.717, 1.165) is 25.0 Å². The maximum absolute atomic E-state index is 13.0. The molecule has 1 aliphatic heterocycles. The van der Waals surface area contributed by atoms with E-state index in [0.29, 0.717) is 25.8 Å². The predicted molar refractivity (Wildman–Crippen MR) is 99.5 cm³/mol. The highest BCUT2D eigenvalue weighted by atomic mass is 35.5. The quantitative estimate of drug-likeness (QED) is 0.781. The van der Waals surface area contributed by atoms with Crippen molar-refractivity contribution in [2.24, 2.45) is 5.73 Å². The first-order valence-electron chi connectivity index (χ1n) is 8.77. The molecule has 1 fully saturated rings. The van der Waals surface area contributed by atoms with Crippen LogP contribution in [0.25, 0.3) is 0 Å². The first-order valence-corrected chi connectivity index (χ1v) is 8.77. The highest BCUT2D eigenvalue weighted by Gasteiger charge is 2.33. The fourth-order valence-corrected chi connectivity index (χ4v) is 3.13. The van der Waals surface area contributed by atoms with Gasteiger partial charge in [-0.15, -0.1) is 12.4 Å². The van der Waals surface area contributed by atoms with Crippen molar-refractivity contribution in [3.63, 3.8) is 0 Å². The van der Waals surface area contributed by atoms with E-state index in [2.05, 4.69) is 5.32 Å². The maximum Gasteiger partial charge on any atom is 0.416 e. The van der Waals surface area contributed by atoms with Crippen molar-refractivity contribution >= 4 is 29.9 Å². The Morgan fingerprint density at radius 2 is 1.96 bits per heavy atom. The number of carbonyl (C=O) groups is 2. The number of piperidine rings is 1. The van der Waals surface area contributed by atoms with Gasteiger partial charge >= 0.3 is 6.18 Å². The van der Waals surface area contributed by atoms with E-state index in [1.54, 1.807) is 4.90 Å². The molecule has 152 valence electrons. The summed E-state index contributed by atoms with van der Waals surface area (Å²) >= 11 is 0. The van der Waals surface area contributed by atoms with Gasteiger partial charge in [0.15, 0.2) is 0 Å². The SMILES string of the molecule is CCCC(=O)N1CCCCC1C(=O)Nc1cc(CN)cc(C(F)(F)F)c1.Cl. The van der Waals surface area contributed by atoms with Crippen molar-refractivity contribution in [1.82, 2.24) is 4.90 Å². The predicted octanol–water partition coefficient (Wildman–Crippen LogP) is 3.71. The third-order valence-corrected chi connectivity index (χ3v) is 4.41. The van der Waals surface area contributed by atoms with Gasteiger partial charge in [-0.3, -0.25) is 9.59 Å². The van der Waals surface area contributed by atoms with E-state index >= 15 is 0 Å². The molecule has 2 amide bonds.